The molecule has 8 heteroatoms. The minimum atomic E-state index is -4.45. The first kappa shape index (κ1) is 15.5. The molecule has 1 N–H and O–H groups in total. The zero-order chi connectivity index (χ0) is 15.6. The average molecular weight is 475 g/mol. The van der Waals surface area contributed by atoms with Crippen molar-refractivity contribution in [3.63, 3.8) is 0 Å². The van der Waals surface area contributed by atoms with Gasteiger partial charge in [0.2, 0.25) is 0 Å². The zero-order valence-electron chi connectivity index (χ0n) is 10.9. The quantitative estimate of drug-likeness (QED) is 0.617. The van der Waals surface area contributed by atoms with Crippen LogP contribution in [-0.4, -0.2) is 20.5 Å². The molecule has 114 valence electrons. The van der Waals surface area contributed by atoms with Crippen molar-refractivity contribution in [1.29, 1.82) is 0 Å². The second kappa shape index (κ2) is 4.82. The van der Waals surface area contributed by atoms with Gasteiger partial charge in [0.1, 0.15) is 3.70 Å². The van der Waals surface area contributed by atoms with Crippen molar-refractivity contribution in [3.05, 3.63) is 25.9 Å². The fourth-order valence-electron chi connectivity index (χ4n) is 2.81. The third-order valence-electron chi connectivity index (χ3n) is 3.72. The average Bonchev–Trinajstić information content (AvgIpc) is 2.61. The van der Waals surface area contributed by atoms with Crippen LogP contribution in [0.2, 0.25) is 0 Å². The summed E-state index contributed by atoms with van der Waals surface area (Å²) in [7, 11) is 0. The number of hydrogen-bond acceptors (Lipinski definition) is 2. The molecular formula is C13H11BrF3IN2O. The van der Waals surface area contributed by atoms with Crippen molar-refractivity contribution in [3.8, 4) is 0 Å². The lowest BCUT2D eigenvalue weighted by molar-refractivity contribution is -0.136. The first-order valence-corrected chi connectivity index (χ1v) is 8.12. The van der Waals surface area contributed by atoms with Crippen LogP contribution < -0.4 is 0 Å². The van der Waals surface area contributed by atoms with Crippen molar-refractivity contribution in [2.45, 2.75) is 37.6 Å². The van der Waals surface area contributed by atoms with Crippen molar-refractivity contribution in [2.75, 3.05) is 0 Å². The van der Waals surface area contributed by atoms with Crippen LogP contribution >= 0.6 is 38.5 Å². The number of hydrogen-bond donors (Lipinski definition) is 1. The van der Waals surface area contributed by atoms with Crippen LogP contribution in [0.4, 0.5) is 13.2 Å². The standard InChI is InChI=1S/C13H11BrF3IN2O/c1-12(21)4-7(5-12)20-10-8(11(18)19-20)2-6(14)3-9(10)13(15,16)17/h2-3,7,21H,4-5H2,1H3/t7-,12+. The summed E-state index contributed by atoms with van der Waals surface area (Å²) in [5.41, 5.74) is -1.42. The number of rotatable bonds is 1. The summed E-state index contributed by atoms with van der Waals surface area (Å²) in [6.45, 7) is 1.68. The number of aromatic nitrogens is 2. The number of aliphatic hydroxyl groups is 1. The summed E-state index contributed by atoms with van der Waals surface area (Å²) in [5, 5.41) is 14.6. The number of fused-ring (bicyclic) bond motifs is 1. The van der Waals surface area contributed by atoms with E-state index in [9.17, 15) is 18.3 Å². The molecule has 1 aliphatic carbocycles. The van der Waals surface area contributed by atoms with Gasteiger partial charge < -0.3 is 5.11 Å². The molecule has 3 rings (SSSR count). The molecule has 0 spiro atoms. The third kappa shape index (κ3) is 2.70. The van der Waals surface area contributed by atoms with E-state index >= 15 is 0 Å². The van der Waals surface area contributed by atoms with E-state index in [2.05, 4.69) is 21.0 Å². The number of benzene rings is 1. The van der Waals surface area contributed by atoms with Crippen LogP contribution in [0.15, 0.2) is 16.6 Å². The van der Waals surface area contributed by atoms with Crippen LogP contribution in [0, 0.1) is 3.70 Å². The molecule has 0 unspecified atom stereocenters. The summed E-state index contributed by atoms with van der Waals surface area (Å²) in [6.07, 6.45) is -3.63. The Kier molecular flexibility index (Phi) is 3.57. The predicted octanol–water partition coefficient (Wildman–Crippen LogP) is 4.51. The second-order valence-corrected chi connectivity index (χ2v) is 7.58. The Morgan fingerprint density at radius 2 is 2.05 bits per heavy atom. The van der Waals surface area contributed by atoms with E-state index in [1.807, 2.05) is 22.6 Å². The highest BCUT2D eigenvalue weighted by atomic mass is 127. The molecular weight excluding hydrogens is 464 g/mol. The molecule has 0 atom stereocenters. The van der Waals surface area contributed by atoms with Gasteiger partial charge in [0.05, 0.1) is 22.7 Å². The molecule has 0 aliphatic heterocycles. The number of alkyl halides is 3. The van der Waals surface area contributed by atoms with E-state index in [0.29, 0.717) is 26.4 Å². The molecule has 1 heterocycles. The zero-order valence-corrected chi connectivity index (χ0v) is 14.6. The smallest absolute Gasteiger partial charge is 0.390 e. The Balaban J connectivity index is 2.23. The monoisotopic (exact) mass is 474 g/mol. The van der Waals surface area contributed by atoms with Gasteiger partial charge in [-0.3, -0.25) is 4.68 Å². The maximum absolute atomic E-state index is 13.3. The fourth-order valence-corrected chi connectivity index (χ4v) is 3.91. The van der Waals surface area contributed by atoms with Crippen molar-refractivity contribution in [2.24, 2.45) is 0 Å². The lowest BCUT2D eigenvalue weighted by Gasteiger charge is -2.41. The van der Waals surface area contributed by atoms with Gasteiger partial charge in [-0.1, -0.05) is 15.9 Å². The fraction of sp³-hybridized carbons (Fsp3) is 0.462. The molecule has 2 aromatic rings. The van der Waals surface area contributed by atoms with Gasteiger partial charge in [0.15, 0.2) is 0 Å². The molecule has 21 heavy (non-hydrogen) atoms. The first-order chi connectivity index (χ1) is 9.58. The van der Waals surface area contributed by atoms with Gasteiger partial charge in [-0.15, -0.1) is 0 Å². The largest absolute Gasteiger partial charge is 0.418 e. The molecule has 1 saturated carbocycles. The minimum Gasteiger partial charge on any atom is -0.390 e. The van der Waals surface area contributed by atoms with Crippen molar-refractivity contribution >= 4 is 49.4 Å². The molecule has 1 aromatic carbocycles. The molecule has 0 radical (unpaired) electrons. The number of nitrogens with zero attached hydrogens (tertiary/aromatic N) is 2. The number of halogens is 5. The lowest BCUT2D eigenvalue weighted by Crippen LogP contribution is -2.42. The van der Waals surface area contributed by atoms with Gasteiger partial charge in [0, 0.05) is 9.86 Å². The first-order valence-electron chi connectivity index (χ1n) is 6.25. The highest BCUT2D eigenvalue weighted by Gasteiger charge is 2.43. The van der Waals surface area contributed by atoms with E-state index in [4.69, 9.17) is 0 Å². The Morgan fingerprint density at radius 1 is 1.43 bits per heavy atom. The van der Waals surface area contributed by atoms with Crippen LogP contribution in [0.3, 0.4) is 0 Å². The minimum absolute atomic E-state index is 0.0931. The molecule has 1 aliphatic rings. The second-order valence-electron chi connectivity index (χ2n) is 5.64. The molecule has 0 amide bonds. The summed E-state index contributed by atoms with van der Waals surface area (Å²) >= 11 is 5.07. The molecule has 0 saturated heterocycles. The molecule has 1 fully saturated rings. The van der Waals surface area contributed by atoms with E-state index in [-0.39, 0.29) is 11.6 Å². The molecule has 0 bridgehead atoms. The Hall–Kier alpha value is -0.350. The van der Waals surface area contributed by atoms with E-state index in [1.165, 1.54) is 4.68 Å². The highest BCUT2D eigenvalue weighted by molar-refractivity contribution is 14.1. The van der Waals surface area contributed by atoms with Gasteiger partial charge in [-0.2, -0.15) is 18.3 Å². The van der Waals surface area contributed by atoms with Gasteiger partial charge in [0.25, 0.3) is 0 Å². The summed E-state index contributed by atoms with van der Waals surface area (Å²) in [6, 6.07) is 2.52. The van der Waals surface area contributed by atoms with Crippen LogP contribution in [0.5, 0.6) is 0 Å². The predicted molar refractivity (Wildman–Crippen MR) is 84.0 cm³/mol. The van der Waals surface area contributed by atoms with Gasteiger partial charge in [-0.25, -0.2) is 0 Å². The van der Waals surface area contributed by atoms with Crippen molar-refractivity contribution < 1.29 is 18.3 Å². The normalized spacial score (nSPS) is 26.1. The van der Waals surface area contributed by atoms with E-state index < -0.39 is 17.3 Å². The molecule has 1 aromatic heterocycles. The Morgan fingerprint density at radius 3 is 2.57 bits per heavy atom. The van der Waals surface area contributed by atoms with E-state index in [1.54, 1.807) is 13.0 Å². The van der Waals surface area contributed by atoms with Gasteiger partial charge >= 0.3 is 6.18 Å². The lowest BCUT2D eigenvalue weighted by atomic mass is 9.77. The molecule has 3 nitrogen and oxygen atoms in total. The van der Waals surface area contributed by atoms with E-state index in [0.717, 1.165) is 6.07 Å². The van der Waals surface area contributed by atoms with Crippen molar-refractivity contribution in [1.82, 2.24) is 9.78 Å². The van der Waals surface area contributed by atoms with Crippen LogP contribution in [-0.2, 0) is 6.18 Å². The summed E-state index contributed by atoms with van der Waals surface area (Å²) in [5.74, 6) is 0. The summed E-state index contributed by atoms with van der Waals surface area (Å²) < 4.78 is 42.3. The third-order valence-corrected chi connectivity index (χ3v) is 4.98. The van der Waals surface area contributed by atoms with Gasteiger partial charge in [-0.05, 0) is 54.5 Å². The highest BCUT2D eigenvalue weighted by Crippen LogP contribution is 2.45. The maximum Gasteiger partial charge on any atom is 0.418 e. The Bertz CT molecular complexity index is 718. The topological polar surface area (TPSA) is 38.0 Å². The maximum atomic E-state index is 13.3. The SMILES string of the molecule is C[C@]1(O)C[C@@H](n2nc(I)c3cc(Br)cc(C(F)(F)F)c32)C1. The Labute approximate surface area is 140 Å². The van der Waals surface area contributed by atoms with Crippen LogP contribution in [0.25, 0.3) is 10.9 Å². The summed E-state index contributed by atoms with van der Waals surface area (Å²) in [4.78, 5) is 0. The van der Waals surface area contributed by atoms with Crippen LogP contribution in [0.1, 0.15) is 31.4 Å².